The van der Waals surface area contributed by atoms with E-state index in [1.165, 1.54) is 0 Å². The Morgan fingerprint density at radius 3 is 2.75 bits per heavy atom. The third kappa shape index (κ3) is 1.62. The third-order valence-electron chi connectivity index (χ3n) is 4.00. The molecule has 4 atom stereocenters. The molecule has 0 aromatic rings. The highest BCUT2D eigenvalue weighted by Gasteiger charge is 2.44. The smallest absolute Gasteiger partial charge is 0.337 e. The van der Waals surface area contributed by atoms with Gasteiger partial charge in [-0.3, -0.25) is 0 Å². The number of esters is 1. The van der Waals surface area contributed by atoms with Gasteiger partial charge in [0.05, 0.1) is 18.3 Å². The minimum absolute atomic E-state index is 0.168. The van der Waals surface area contributed by atoms with E-state index < -0.39 is 0 Å². The molecule has 2 rings (SSSR count). The quantitative estimate of drug-likeness (QED) is 0.676. The normalized spacial score (nSPS) is 35.5. The summed E-state index contributed by atoms with van der Waals surface area (Å²) in [7, 11) is 0. The molecule has 0 saturated carbocycles. The molecule has 0 radical (unpaired) electrons. The standard InChI is InChI=1S/C13H20O3/c1-5-7(2)12-11-10(6-15-13(11)14)8(3)9(4)16-12/h7-10H,5-6H2,1-4H3/t7-,8+,9+,10+/m1/s1. The van der Waals surface area contributed by atoms with Crippen molar-refractivity contribution in [1.82, 2.24) is 0 Å². The highest BCUT2D eigenvalue weighted by atomic mass is 16.5. The molecule has 0 aromatic heterocycles. The maximum atomic E-state index is 11.7. The fourth-order valence-electron chi connectivity index (χ4n) is 2.44. The largest absolute Gasteiger partial charge is 0.494 e. The van der Waals surface area contributed by atoms with Crippen molar-refractivity contribution in [2.45, 2.75) is 40.2 Å². The molecule has 3 heteroatoms. The van der Waals surface area contributed by atoms with Crippen LogP contribution in [-0.4, -0.2) is 18.7 Å². The molecule has 3 nitrogen and oxygen atoms in total. The molecule has 90 valence electrons. The zero-order valence-corrected chi connectivity index (χ0v) is 10.4. The Hall–Kier alpha value is -0.990. The first-order valence-corrected chi connectivity index (χ1v) is 6.14. The lowest BCUT2D eigenvalue weighted by atomic mass is 9.81. The van der Waals surface area contributed by atoms with E-state index in [-0.39, 0.29) is 18.0 Å². The first-order chi connectivity index (χ1) is 7.56. The molecule has 2 heterocycles. The molecule has 1 saturated heterocycles. The zero-order chi connectivity index (χ0) is 11.9. The van der Waals surface area contributed by atoms with Gasteiger partial charge in [-0.2, -0.15) is 0 Å². The Bertz CT molecular complexity index is 332. The number of fused-ring (bicyclic) bond motifs is 1. The number of cyclic esters (lactones) is 1. The molecule has 0 amide bonds. The molecular formula is C13H20O3. The van der Waals surface area contributed by atoms with Crippen LogP contribution >= 0.6 is 0 Å². The topological polar surface area (TPSA) is 35.5 Å². The monoisotopic (exact) mass is 224 g/mol. The van der Waals surface area contributed by atoms with Crippen LogP contribution in [0.25, 0.3) is 0 Å². The Balaban J connectivity index is 2.41. The molecule has 0 aliphatic carbocycles. The lowest BCUT2D eigenvalue weighted by Gasteiger charge is -2.34. The van der Waals surface area contributed by atoms with Crippen molar-refractivity contribution in [2.75, 3.05) is 6.61 Å². The Morgan fingerprint density at radius 2 is 2.12 bits per heavy atom. The number of allylic oxidation sites excluding steroid dienone is 1. The van der Waals surface area contributed by atoms with Crippen LogP contribution in [0.5, 0.6) is 0 Å². The van der Waals surface area contributed by atoms with Crippen LogP contribution in [0, 0.1) is 17.8 Å². The Labute approximate surface area is 96.8 Å². The second-order valence-electron chi connectivity index (χ2n) is 4.97. The van der Waals surface area contributed by atoms with Crippen molar-refractivity contribution in [1.29, 1.82) is 0 Å². The number of hydrogen-bond donors (Lipinski definition) is 0. The maximum absolute atomic E-state index is 11.7. The summed E-state index contributed by atoms with van der Waals surface area (Å²) >= 11 is 0. The van der Waals surface area contributed by atoms with Gasteiger partial charge in [-0.05, 0) is 13.3 Å². The summed E-state index contributed by atoms with van der Waals surface area (Å²) in [5, 5.41) is 0. The second kappa shape index (κ2) is 4.11. The van der Waals surface area contributed by atoms with E-state index in [1.54, 1.807) is 0 Å². The van der Waals surface area contributed by atoms with Crippen LogP contribution in [0.2, 0.25) is 0 Å². The Kier molecular flexibility index (Phi) is 2.96. The van der Waals surface area contributed by atoms with Crippen LogP contribution in [0.3, 0.4) is 0 Å². The SMILES string of the molecule is CC[C@@H](C)C1=C2C(=O)OC[C@H]2[C@@H](C)[C@H](C)O1. The van der Waals surface area contributed by atoms with Gasteiger partial charge in [-0.25, -0.2) is 4.79 Å². The Morgan fingerprint density at radius 1 is 1.44 bits per heavy atom. The first kappa shape index (κ1) is 11.5. The van der Waals surface area contributed by atoms with Gasteiger partial charge in [-0.1, -0.05) is 20.8 Å². The summed E-state index contributed by atoms with van der Waals surface area (Å²) < 4.78 is 11.1. The van der Waals surface area contributed by atoms with E-state index >= 15 is 0 Å². The molecule has 2 aliphatic rings. The summed E-state index contributed by atoms with van der Waals surface area (Å²) in [5.41, 5.74) is 0.806. The van der Waals surface area contributed by atoms with Crippen molar-refractivity contribution in [3.05, 3.63) is 11.3 Å². The highest BCUT2D eigenvalue weighted by Crippen LogP contribution is 2.41. The number of carbonyl (C=O) groups excluding carboxylic acids is 1. The first-order valence-electron chi connectivity index (χ1n) is 6.14. The van der Waals surface area contributed by atoms with Crippen LogP contribution < -0.4 is 0 Å². The molecule has 0 unspecified atom stereocenters. The molecule has 0 spiro atoms. The summed E-state index contributed by atoms with van der Waals surface area (Å²) in [6, 6.07) is 0. The van der Waals surface area contributed by atoms with Gasteiger partial charge >= 0.3 is 5.97 Å². The number of carbonyl (C=O) groups is 1. The highest BCUT2D eigenvalue weighted by molar-refractivity contribution is 5.92. The van der Waals surface area contributed by atoms with E-state index in [0.29, 0.717) is 18.4 Å². The molecule has 16 heavy (non-hydrogen) atoms. The fourth-order valence-corrected chi connectivity index (χ4v) is 2.44. The third-order valence-corrected chi connectivity index (χ3v) is 4.00. The van der Waals surface area contributed by atoms with Crippen molar-refractivity contribution >= 4 is 5.97 Å². The van der Waals surface area contributed by atoms with Crippen LogP contribution in [0.1, 0.15) is 34.1 Å². The number of ether oxygens (including phenoxy) is 2. The van der Waals surface area contributed by atoms with Gasteiger partial charge in [0.1, 0.15) is 5.76 Å². The summed E-state index contributed by atoms with van der Waals surface area (Å²) in [5.74, 6) is 1.60. The number of rotatable bonds is 2. The van der Waals surface area contributed by atoms with E-state index in [1.807, 2.05) is 0 Å². The van der Waals surface area contributed by atoms with Gasteiger partial charge in [-0.15, -0.1) is 0 Å². The molecule has 2 aliphatic heterocycles. The van der Waals surface area contributed by atoms with Gasteiger partial charge in [0.15, 0.2) is 0 Å². The van der Waals surface area contributed by atoms with Crippen molar-refractivity contribution in [2.24, 2.45) is 17.8 Å². The lowest BCUT2D eigenvalue weighted by molar-refractivity contribution is -0.135. The number of hydrogen-bond acceptors (Lipinski definition) is 3. The van der Waals surface area contributed by atoms with Crippen molar-refractivity contribution in [3.8, 4) is 0 Å². The average molecular weight is 224 g/mol. The van der Waals surface area contributed by atoms with E-state index in [4.69, 9.17) is 9.47 Å². The summed E-state index contributed by atoms with van der Waals surface area (Å²) in [6.45, 7) is 8.95. The van der Waals surface area contributed by atoms with Gasteiger partial charge in [0.2, 0.25) is 0 Å². The summed E-state index contributed by atoms with van der Waals surface area (Å²) in [6.07, 6.45) is 1.16. The lowest BCUT2D eigenvalue weighted by Crippen LogP contribution is -2.34. The zero-order valence-electron chi connectivity index (χ0n) is 10.4. The van der Waals surface area contributed by atoms with Gasteiger partial charge in [0.25, 0.3) is 0 Å². The molecule has 0 aromatic carbocycles. The van der Waals surface area contributed by atoms with Crippen LogP contribution in [0.15, 0.2) is 11.3 Å². The molecule has 1 fully saturated rings. The van der Waals surface area contributed by atoms with Crippen molar-refractivity contribution in [3.63, 3.8) is 0 Å². The molecular weight excluding hydrogens is 204 g/mol. The predicted molar refractivity (Wildman–Crippen MR) is 60.6 cm³/mol. The maximum Gasteiger partial charge on any atom is 0.337 e. The minimum atomic E-state index is -0.168. The van der Waals surface area contributed by atoms with Crippen LogP contribution in [0.4, 0.5) is 0 Å². The van der Waals surface area contributed by atoms with Crippen LogP contribution in [-0.2, 0) is 14.3 Å². The van der Waals surface area contributed by atoms with E-state index in [9.17, 15) is 4.79 Å². The molecule has 0 bridgehead atoms. The fraction of sp³-hybridized carbons (Fsp3) is 0.769. The summed E-state index contributed by atoms with van der Waals surface area (Å²) in [4.78, 5) is 11.7. The van der Waals surface area contributed by atoms with Gasteiger partial charge < -0.3 is 9.47 Å². The molecule has 0 N–H and O–H groups in total. The van der Waals surface area contributed by atoms with E-state index in [2.05, 4.69) is 27.7 Å². The predicted octanol–water partition coefficient (Wildman–Crippen LogP) is 2.51. The van der Waals surface area contributed by atoms with Gasteiger partial charge in [0, 0.05) is 17.8 Å². The minimum Gasteiger partial charge on any atom is -0.494 e. The van der Waals surface area contributed by atoms with E-state index in [0.717, 1.165) is 17.8 Å². The van der Waals surface area contributed by atoms with Crippen molar-refractivity contribution < 1.29 is 14.3 Å². The average Bonchev–Trinajstić information content (AvgIpc) is 2.65. The second-order valence-corrected chi connectivity index (χ2v) is 4.97.